The molecule has 0 aromatic carbocycles. The molecule has 1 rings (SSSR count). The van der Waals surface area contributed by atoms with Gasteiger partial charge in [-0.3, -0.25) is 0 Å². The molecule has 14 heavy (non-hydrogen) atoms. The summed E-state index contributed by atoms with van der Waals surface area (Å²) in [5, 5.41) is 8.66. The number of carbonyl (C=O) groups is 1. The van der Waals surface area contributed by atoms with Gasteiger partial charge in [0, 0.05) is 5.92 Å². The summed E-state index contributed by atoms with van der Waals surface area (Å²) < 4.78 is 0. The second kappa shape index (κ2) is 3.79. The van der Waals surface area contributed by atoms with Gasteiger partial charge in [0.05, 0.1) is 0 Å². The number of halogens is 1. The van der Waals surface area contributed by atoms with E-state index in [1.54, 1.807) is 0 Å². The van der Waals surface area contributed by atoms with Gasteiger partial charge in [-0.05, 0) is 0 Å². The molecule has 3 N–H and O–H groups in total. The molecule has 0 saturated carbocycles. The van der Waals surface area contributed by atoms with E-state index in [1.807, 2.05) is 13.8 Å². The van der Waals surface area contributed by atoms with Crippen LogP contribution in [-0.2, 0) is 0 Å². The predicted molar refractivity (Wildman–Crippen MR) is 52.5 cm³/mol. The second-order valence-electron chi connectivity index (χ2n) is 3.09. The summed E-state index contributed by atoms with van der Waals surface area (Å²) in [5.74, 6) is -0.814. The van der Waals surface area contributed by atoms with E-state index in [1.165, 1.54) is 0 Å². The summed E-state index contributed by atoms with van der Waals surface area (Å²) in [6.45, 7) is 3.68. The van der Waals surface area contributed by atoms with Gasteiger partial charge in [-0.15, -0.1) is 0 Å². The lowest BCUT2D eigenvalue weighted by molar-refractivity contribution is 0.0690. The smallest absolute Gasteiger partial charge is 0.356 e. The lowest BCUT2D eigenvalue weighted by atomic mass is 10.2. The summed E-state index contributed by atoms with van der Waals surface area (Å²) in [6.07, 6.45) is 0. The highest BCUT2D eigenvalue weighted by molar-refractivity contribution is 6.35. The van der Waals surface area contributed by atoms with E-state index in [2.05, 4.69) is 9.97 Å². The molecule has 0 amide bonds. The lowest BCUT2D eigenvalue weighted by Gasteiger charge is -2.07. The van der Waals surface area contributed by atoms with Gasteiger partial charge in [0.15, 0.2) is 5.69 Å². The maximum atomic E-state index is 10.7. The number of anilines is 1. The summed E-state index contributed by atoms with van der Waals surface area (Å²) in [6, 6.07) is 0. The first-order valence-electron chi connectivity index (χ1n) is 3.99. The molecule has 1 aromatic rings. The summed E-state index contributed by atoms with van der Waals surface area (Å²) in [4.78, 5) is 18.4. The molecule has 76 valence electrons. The van der Waals surface area contributed by atoms with Crippen molar-refractivity contribution in [3.05, 3.63) is 16.5 Å². The van der Waals surface area contributed by atoms with Gasteiger partial charge in [-0.25, -0.2) is 14.8 Å². The Hall–Kier alpha value is -1.36. The number of carboxylic acids is 1. The van der Waals surface area contributed by atoms with E-state index >= 15 is 0 Å². The van der Waals surface area contributed by atoms with Gasteiger partial charge in [0.25, 0.3) is 0 Å². The van der Waals surface area contributed by atoms with E-state index in [4.69, 9.17) is 22.4 Å². The van der Waals surface area contributed by atoms with Crippen molar-refractivity contribution in [2.24, 2.45) is 0 Å². The van der Waals surface area contributed by atoms with Crippen LogP contribution in [-0.4, -0.2) is 21.0 Å². The zero-order valence-corrected chi connectivity index (χ0v) is 8.54. The van der Waals surface area contributed by atoms with Crippen LogP contribution in [0.15, 0.2) is 0 Å². The largest absolute Gasteiger partial charge is 0.476 e. The molecular weight excluding hydrogens is 206 g/mol. The number of nitrogens with two attached hydrogens (primary N) is 1. The average molecular weight is 216 g/mol. The van der Waals surface area contributed by atoms with Gasteiger partial charge in [0.1, 0.15) is 16.7 Å². The summed E-state index contributed by atoms with van der Waals surface area (Å²) in [5.41, 5.74) is 5.20. The highest BCUT2D eigenvalue weighted by Crippen LogP contribution is 2.22. The maximum Gasteiger partial charge on any atom is 0.356 e. The quantitative estimate of drug-likeness (QED) is 0.781. The van der Waals surface area contributed by atoms with Crippen LogP contribution in [0.5, 0.6) is 0 Å². The molecule has 0 atom stereocenters. The van der Waals surface area contributed by atoms with Crippen molar-refractivity contribution in [3.8, 4) is 0 Å². The third-order valence-corrected chi connectivity index (χ3v) is 1.99. The molecule has 0 bridgehead atoms. The van der Waals surface area contributed by atoms with Crippen molar-refractivity contribution in [2.45, 2.75) is 19.8 Å². The van der Waals surface area contributed by atoms with E-state index in [0.717, 1.165) is 0 Å². The average Bonchev–Trinajstić information content (AvgIpc) is 2.08. The van der Waals surface area contributed by atoms with E-state index in [9.17, 15) is 4.79 Å². The Bertz CT molecular complexity index is 379. The number of aromatic carboxylic acids is 1. The van der Waals surface area contributed by atoms with Crippen molar-refractivity contribution in [3.63, 3.8) is 0 Å². The molecular formula is C8H10ClN3O2. The van der Waals surface area contributed by atoms with Crippen LogP contribution < -0.4 is 5.73 Å². The minimum absolute atomic E-state index is 0.00256. The van der Waals surface area contributed by atoms with Gasteiger partial charge in [-0.2, -0.15) is 0 Å². The van der Waals surface area contributed by atoms with Crippen LogP contribution in [0.25, 0.3) is 0 Å². The third-order valence-electron chi connectivity index (χ3n) is 1.61. The Morgan fingerprint density at radius 1 is 1.50 bits per heavy atom. The van der Waals surface area contributed by atoms with Gasteiger partial charge < -0.3 is 10.8 Å². The predicted octanol–water partition coefficient (Wildman–Crippen LogP) is 1.53. The molecule has 6 heteroatoms. The zero-order chi connectivity index (χ0) is 10.9. The Morgan fingerprint density at radius 3 is 2.50 bits per heavy atom. The topological polar surface area (TPSA) is 89.1 Å². The molecule has 5 nitrogen and oxygen atoms in total. The number of nitrogen functional groups attached to an aromatic ring is 1. The third kappa shape index (κ3) is 1.93. The van der Waals surface area contributed by atoms with Gasteiger partial charge in [-0.1, -0.05) is 25.4 Å². The fourth-order valence-electron chi connectivity index (χ4n) is 0.882. The molecule has 0 aliphatic heterocycles. The zero-order valence-electron chi connectivity index (χ0n) is 7.78. The molecule has 0 fully saturated rings. The van der Waals surface area contributed by atoms with Gasteiger partial charge in [0.2, 0.25) is 0 Å². The molecule has 0 unspecified atom stereocenters. The molecule has 0 saturated heterocycles. The Balaban J connectivity index is 3.35. The number of hydrogen-bond acceptors (Lipinski definition) is 4. The number of nitrogens with zero attached hydrogens (tertiary/aromatic N) is 2. The molecule has 1 heterocycles. The minimum atomic E-state index is -1.20. The monoisotopic (exact) mass is 215 g/mol. The molecule has 0 spiro atoms. The first-order valence-corrected chi connectivity index (χ1v) is 4.37. The standard InChI is InChI=1S/C8H10ClN3O2/c1-3(2)7-11-5(8(13)14)4(9)6(10)12-7/h3H,1-2H3,(H,13,14)(H2,10,11,12). The summed E-state index contributed by atoms with van der Waals surface area (Å²) >= 11 is 5.63. The van der Waals surface area contributed by atoms with Crippen LogP contribution in [0, 0.1) is 0 Å². The van der Waals surface area contributed by atoms with Crippen molar-refractivity contribution >= 4 is 23.4 Å². The number of rotatable bonds is 2. The van der Waals surface area contributed by atoms with E-state index < -0.39 is 5.97 Å². The Morgan fingerprint density at radius 2 is 2.07 bits per heavy atom. The Labute approximate surface area is 85.9 Å². The fourth-order valence-corrected chi connectivity index (χ4v) is 1.05. The van der Waals surface area contributed by atoms with Crippen molar-refractivity contribution in [2.75, 3.05) is 5.73 Å². The van der Waals surface area contributed by atoms with Crippen LogP contribution in [0.1, 0.15) is 36.1 Å². The SMILES string of the molecule is CC(C)c1nc(N)c(Cl)c(C(=O)O)n1. The Kier molecular flexibility index (Phi) is 2.90. The van der Waals surface area contributed by atoms with E-state index in [-0.39, 0.29) is 22.5 Å². The normalized spacial score (nSPS) is 10.6. The van der Waals surface area contributed by atoms with Crippen LogP contribution in [0.3, 0.4) is 0 Å². The van der Waals surface area contributed by atoms with Crippen LogP contribution in [0.4, 0.5) is 5.82 Å². The fraction of sp³-hybridized carbons (Fsp3) is 0.375. The number of carboxylic acid groups (broad SMARTS) is 1. The van der Waals surface area contributed by atoms with Crippen molar-refractivity contribution in [1.29, 1.82) is 0 Å². The highest BCUT2D eigenvalue weighted by Gasteiger charge is 2.17. The van der Waals surface area contributed by atoms with Crippen LogP contribution in [0.2, 0.25) is 5.02 Å². The second-order valence-corrected chi connectivity index (χ2v) is 3.47. The molecule has 0 aliphatic carbocycles. The lowest BCUT2D eigenvalue weighted by Crippen LogP contribution is -2.10. The van der Waals surface area contributed by atoms with Gasteiger partial charge >= 0.3 is 5.97 Å². The van der Waals surface area contributed by atoms with Crippen LogP contribution >= 0.6 is 11.6 Å². The van der Waals surface area contributed by atoms with E-state index in [0.29, 0.717) is 5.82 Å². The molecule has 0 aliphatic rings. The number of aromatic nitrogens is 2. The maximum absolute atomic E-state index is 10.7. The molecule has 0 radical (unpaired) electrons. The molecule has 1 aromatic heterocycles. The van der Waals surface area contributed by atoms with Crippen molar-refractivity contribution in [1.82, 2.24) is 9.97 Å². The first kappa shape index (κ1) is 10.7. The minimum Gasteiger partial charge on any atom is -0.476 e. The highest BCUT2D eigenvalue weighted by atomic mass is 35.5. The van der Waals surface area contributed by atoms with Crippen molar-refractivity contribution < 1.29 is 9.90 Å². The summed E-state index contributed by atoms with van der Waals surface area (Å²) in [7, 11) is 0. The number of hydrogen-bond donors (Lipinski definition) is 2. The first-order chi connectivity index (χ1) is 6.43.